The number of ether oxygens (including phenoxy) is 2. The maximum Gasteiger partial charge on any atom is 0.334 e. The first-order chi connectivity index (χ1) is 10.1. The van der Waals surface area contributed by atoms with Gasteiger partial charge >= 0.3 is 5.97 Å². The van der Waals surface area contributed by atoms with Crippen molar-refractivity contribution in [3.63, 3.8) is 0 Å². The van der Waals surface area contributed by atoms with Gasteiger partial charge < -0.3 is 9.47 Å². The van der Waals surface area contributed by atoms with E-state index in [0.29, 0.717) is 16.5 Å². The highest BCUT2D eigenvalue weighted by molar-refractivity contribution is 6.32. The molecule has 0 unspecified atom stereocenters. The zero-order chi connectivity index (χ0) is 15.1. The van der Waals surface area contributed by atoms with Crippen LogP contribution in [-0.4, -0.2) is 5.97 Å². The van der Waals surface area contributed by atoms with Gasteiger partial charge in [0, 0.05) is 0 Å². The third-order valence-corrected chi connectivity index (χ3v) is 2.96. The highest BCUT2D eigenvalue weighted by atomic mass is 35.5. The first-order valence-electron chi connectivity index (χ1n) is 6.46. The zero-order valence-corrected chi connectivity index (χ0v) is 12.3. The molecule has 0 aliphatic rings. The van der Waals surface area contributed by atoms with E-state index in [9.17, 15) is 4.79 Å². The van der Waals surface area contributed by atoms with Crippen LogP contribution in [0.5, 0.6) is 5.75 Å². The van der Waals surface area contributed by atoms with Crippen LogP contribution < -0.4 is 4.74 Å². The van der Waals surface area contributed by atoms with Crippen LogP contribution in [-0.2, 0) is 16.1 Å². The van der Waals surface area contributed by atoms with Gasteiger partial charge in [-0.05, 0) is 24.6 Å². The summed E-state index contributed by atoms with van der Waals surface area (Å²) in [5, 5.41) is 0.489. The van der Waals surface area contributed by atoms with E-state index in [4.69, 9.17) is 21.1 Å². The lowest BCUT2D eigenvalue weighted by molar-refractivity contribution is -0.139. The fourth-order valence-corrected chi connectivity index (χ4v) is 1.84. The molecule has 0 spiro atoms. The van der Waals surface area contributed by atoms with E-state index in [1.54, 1.807) is 19.1 Å². The van der Waals surface area contributed by atoms with E-state index >= 15 is 0 Å². The molecule has 0 N–H and O–H groups in total. The molecule has 0 aliphatic heterocycles. The lowest BCUT2D eigenvalue weighted by atomic mass is 10.2. The molecule has 2 rings (SSSR count). The normalized spacial score (nSPS) is 11.0. The van der Waals surface area contributed by atoms with E-state index < -0.39 is 5.97 Å². The molecule has 0 saturated carbocycles. The van der Waals surface area contributed by atoms with Gasteiger partial charge in [0.1, 0.15) is 18.1 Å². The average molecular weight is 303 g/mol. The Labute approximate surface area is 128 Å². The smallest absolute Gasteiger partial charge is 0.334 e. The highest BCUT2D eigenvalue weighted by Gasteiger charge is 2.04. The van der Waals surface area contributed by atoms with Crippen LogP contribution in [0.25, 0.3) is 0 Å². The summed E-state index contributed by atoms with van der Waals surface area (Å²) in [5.74, 6) is 0.466. The molecule has 2 aromatic rings. The summed E-state index contributed by atoms with van der Waals surface area (Å²) in [6.07, 6.45) is 1.30. The van der Waals surface area contributed by atoms with Gasteiger partial charge in [-0.1, -0.05) is 54.1 Å². The van der Waals surface area contributed by atoms with Gasteiger partial charge in [0.2, 0.25) is 0 Å². The molecular formula is C17H15ClO3. The molecule has 3 nitrogen and oxygen atoms in total. The number of rotatable bonds is 5. The predicted molar refractivity (Wildman–Crippen MR) is 82.1 cm³/mol. The van der Waals surface area contributed by atoms with E-state index in [1.807, 2.05) is 42.5 Å². The Balaban J connectivity index is 1.90. The molecule has 21 heavy (non-hydrogen) atoms. The summed E-state index contributed by atoms with van der Waals surface area (Å²) >= 11 is 5.98. The third kappa shape index (κ3) is 4.97. The van der Waals surface area contributed by atoms with Gasteiger partial charge in [-0.25, -0.2) is 4.79 Å². The standard InChI is InChI=1S/C17H15ClO3/c1-13(21-16-10-6-5-9-15(16)18)11-17(19)20-12-14-7-3-2-4-8-14/h2-11H,12H2,1H3. The van der Waals surface area contributed by atoms with Gasteiger partial charge in [-0.3, -0.25) is 0 Å². The van der Waals surface area contributed by atoms with E-state index in [-0.39, 0.29) is 6.61 Å². The quantitative estimate of drug-likeness (QED) is 0.467. The maximum absolute atomic E-state index is 11.7. The number of hydrogen-bond donors (Lipinski definition) is 0. The van der Waals surface area contributed by atoms with Gasteiger partial charge in [-0.15, -0.1) is 0 Å². The van der Waals surface area contributed by atoms with Crippen molar-refractivity contribution in [1.29, 1.82) is 0 Å². The second-order valence-corrected chi connectivity index (χ2v) is 4.79. The Hall–Kier alpha value is -2.26. The number of hydrogen-bond acceptors (Lipinski definition) is 3. The van der Waals surface area contributed by atoms with Gasteiger partial charge in [0.15, 0.2) is 0 Å². The van der Waals surface area contributed by atoms with Crippen LogP contribution in [0, 0.1) is 0 Å². The van der Waals surface area contributed by atoms with Crippen molar-refractivity contribution in [2.75, 3.05) is 0 Å². The Kier molecular flexibility index (Phi) is 5.41. The number of allylic oxidation sites excluding steroid dienone is 1. The van der Waals surface area contributed by atoms with Crippen LogP contribution in [0.1, 0.15) is 12.5 Å². The Morgan fingerprint density at radius 1 is 1.10 bits per heavy atom. The molecule has 0 amide bonds. The Morgan fingerprint density at radius 2 is 1.76 bits per heavy atom. The van der Waals surface area contributed by atoms with E-state index in [2.05, 4.69) is 0 Å². The molecule has 0 heterocycles. The summed E-state index contributed by atoms with van der Waals surface area (Å²) in [5.41, 5.74) is 0.934. The second kappa shape index (κ2) is 7.50. The van der Waals surface area contributed by atoms with Crippen molar-refractivity contribution >= 4 is 17.6 Å². The zero-order valence-electron chi connectivity index (χ0n) is 11.6. The minimum Gasteiger partial charge on any atom is -0.460 e. The fourth-order valence-electron chi connectivity index (χ4n) is 1.67. The van der Waals surface area contributed by atoms with Crippen molar-refractivity contribution in [1.82, 2.24) is 0 Å². The van der Waals surface area contributed by atoms with Crippen LogP contribution in [0.2, 0.25) is 5.02 Å². The number of benzene rings is 2. The van der Waals surface area contributed by atoms with Gasteiger partial charge in [0.25, 0.3) is 0 Å². The second-order valence-electron chi connectivity index (χ2n) is 4.38. The number of carbonyl (C=O) groups excluding carboxylic acids is 1. The van der Waals surface area contributed by atoms with Crippen molar-refractivity contribution in [3.8, 4) is 5.75 Å². The van der Waals surface area contributed by atoms with Crippen LogP contribution >= 0.6 is 11.6 Å². The van der Waals surface area contributed by atoms with E-state index in [0.717, 1.165) is 5.56 Å². The number of para-hydroxylation sites is 1. The molecule has 2 aromatic carbocycles. The molecule has 0 fully saturated rings. The monoisotopic (exact) mass is 302 g/mol. The molecule has 108 valence electrons. The maximum atomic E-state index is 11.7. The highest BCUT2D eigenvalue weighted by Crippen LogP contribution is 2.24. The van der Waals surface area contributed by atoms with Crippen molar-refractivity contribution in [3.05, 3.63) is 77.0 Å². The molecule has 0 bridgehead atoms. The first-order valence-corrected chi connectivity index (χ1v) is 6.84. The summed E-state index contributed by atoms with van der Waals surface area (Å²) in [7, 11) is 0. The first kappa shape index (κ1) is 15.1. The molecule has 0 atom stereocenters. The van der Waals surface area contributed by atoms with Gasteiger partial charge in [0.05, 0.1) is 11.1 Å². The molecule has 0 aliphatic carbocycles. The Morgan fingerprint density at radius 3 is 2.48 bits per heavy atom. The molecule has 4 heteroatoms. The average Bonchev–Trinajstić information content (AvgIpc) is 2.48. The van der Waals surface area contributed by atoms with Crippen molar-refractivity contribution in [2.45, 2.75) is 13.5 Å². The predicted octanol–water partition coefficient (Wildman–Crippen LogP) is 4.37. The summed E-state index contributed by atoms with van der Waals surface area (Å²) in [6, 6.07) is 16.5. The number of carbonyl (C=O) groups is 1. The van der Waals surface area contributed by atoms with Crippen LogP contribution in [0.15, 0.2) is 66.4 Å². The van der Waals surface area contributed by atoms with Gasteiger partial charge in [-0.2, -0.15) is 0 Å². The molecular weight excluding hydrogens is 288 g/mol. The SMILES string of the molecule is CC(=CC(=O)OCc1ccccc1)Oc1ccccc1Cl. The number of esters is 1. The minimum atomic E-state index is -0.455. The summed E-state index contributed by atoms with van der Waals surface area (Å²) < 4.78 is 10.6. The molecule has 0 radical (unpaired) electrons. The third-order valence-electron chi connectivity index (χ3n) is 2.65. The van der Waals surface area contributed by atoms with Crippen molar-refractivity contribution in [2.24, 2.45) is 0 Å². The van der Waals surface area contributed by atoms with Crippen molar-refractivity contribution < 1.29 is 14.3 Å². The van der Waals surface area contributed by atoms with Crippen LogP contribution in [0.4, 0.5) is 0 Å². The Bertz CT molecular complexity index is 635. The molecule has 0 saturated heterocycles. The largest absolute Gasteiger partial charge is 0.460 e. The lowest BCUT2D eigenvalue weighted by Gasteiger charge is -2.07. The summed E-state index contributed by atoms with van der Waals surface area (Å²) in [6.45, 7) is 1.91. The topological polar surface area (TPSA) is 35.5 Å². The molecule has 0 aromatic heterocycles. The number of halogens is 1. The summed E-state index contributed by atoms with van der Waals surface area (Å²) in [4.78, 5) is 11.7. The fraction of sp³-hybridized carbons (Fsp3) is 0.118. The minimum absolute atomic E-state index is 0.232. The van der Waals surface area contributed by atoms with Crippen LogP contribution in [0.3, 0.4) is 0 Å². The lowest BCUT2D eigenvalue weighted by Crippen LogP contribution is -2.03. The van der Waals surface area contributed by atoms with E-state index in [1.165, 1.54) is 6.08 Å².